The van der Waals surface area contributed by atoms with Gasteiger partial charge in [0.05, 0.1) is 6.61 Å². The van der Waals surface area contributed by atoms with Gasteiger partial charge in [-0.3, -0.25) is 14.4 Å². The van der Waals surface area contributed by atoms with Gasteiger partial charge >= 0.3 is 23.9 Å². The van der Waals surface area contributed by atoms with Gasteiger partial charge in [0.25, 0.3) is 0 Å². The van der Waals surface area contributed by atoms with E-state index in [9.17, 15) is 34.5 Å². The standard InChI is InChI=1S/C57H96O12/c1-4-7-10-13-16-19-21-23-24-25-26-28-29-32-34-37-40-43-49(58)65-46-48(67-50(59)44-41-38-36-33-30-27-22-20-17-14-11-8-5-2)47-66-57-55(53(62)52(61)54(69-57)56(63)64)68-51(60)45-42-39-35-31-18-15-12-9-6-3/h8,11,16-17,19-20,23-24,27,30,48,52-55,57,61-62H,4-7,9-10,12-15,18,21-22,25-26,28-29,31-47H2,1-3H3,(H,63,64)/b11-8-,19-16-,20-17-,24-23-,30-27-. The molecule has 0 aromatic carbocycles. The van der Waals surface area contributed by atoms with Crippen molar-refractivity contribution in [1.29, 1.82) is 0 Å². The normalized spacial score (nSPS) is 19.1. The molecule has 0 saturated carbocycles. The number of aliphatic hydroxyl groups excluding tert-OH is 2. The van der Waals surface area contributed by atoms with Crippen molar-refractivity contribution >= 4 is 23.9 Å². The summed E-state index contributed by atoms with van der Waals surface area (Å²) >= 11 is 0. The van der Waals surface area contributed by atoms with E-state index >= 15 is 0 Å². The Labute approximate surface area is 417 Å². The summed E-state index contributed by atoms with van der Waals surface area (Å²) in [4.78, 5) is 50.8. The largest absolute Gasteiger partial charge is 0.479 e. The first-order valence-corrected chi connectivity index (χ1v) is 27.3. The molecule has 396 valence electrons. The number of carbonyl (C=O) groups excluding carboxylic acids is 3. The van der Waals surface area contributed by atoms with Crippen molar-refractivity contribution in [2.75, 3.05) is 13.2 Å². The minimum absolute atomic E-state index is 0.0564. The highest BCUT2D eigenvalue weighted by molar-refractivity contribution is 5.74. The van der Waals surface area contributed by atoms with Crippen LogP contribution in [0.15, 0.2) is 60.8 Å². The van der Waals surface area contributed by atoms with Crippen molar-refractivity contribution in [1.82, 2.24) is 0 Å². The number of allylic oxidation sites excluding steroid dienone is 10. The molecule has 12 heteroatoms. The van der Waals surface area contributed by atoms with Crippen LogP contribution in [-0.4, -0.2) is 89.2 Å². The first kappa shape index (κ1) is 63.4. The number of carboxylic acids is 1. The van der Waals surface area contributed by atoms with Gasteiger partial charge in [0.1, 0.15) is 18.8 Å². The number of aliphatic hydroxyl groups is 2. The highest BCUT2D eigenvalue weighted by atomic mass is 16.7. The molecule has 3 N–H and O–H groups in total. The zero-order valence-electron chi connectivity index (χ0n) is 43.3. The van der Waals surface area contributed by atoms with Gasteiger partial charge in [-0.05, 0) is 83.5 Å². The van der Waals surface area contributed by atoms with Gasteiger partial charge in [0.15, 0.2) is 24.6 Å². The predicted molar refractivity (Wildman–Crippen MR) is 275 cm³/mol. The van der Waals surface area contributed by atoms with Gasteiger partial charge in [-0.15, -0.1) is 0 Å². The smallest absolute Gasteiger partial charge is 0.335 e. The molecule has 1 saturated heterocycles. The second kappa shape index (κ2) is 45.6. The number of aliphatic carboxylic acids is 1. The second-order valence-electron chi connectivity index (χ2n) is 18.5. The summed E-state index contributed by atoms with van der Waals surface area (Å²) in [6.07, 6.45) is 42.2. The zero-order valence-corrected chi connectivity index (χ0v) is 43.3. The molecule has 0 amide bonds. The van der Waals surface area contributed by atoms with E-state index in [0.29, 0.717) is 19.3 Å². The Morgan fingerprint density at radius 2 is 0.913 bits per heavy atom. The average Bonchev–Trinajstić information content (AvgIpc) is 3.33. The lowest BCUT2D eigenvalue weighted by Gasteiger charge is -2.40. The molecular formula is C57H96O12. The van der Waals surface area contributed by atoms with Crippen molar-refractivity contribution in [3.8, 4) is 0 Å². The van der Waals surface area contributed by atoms with Crippen molar-refractivity contribution < 1.29 is 58.2 Å². The van der Waals surface area contributed by atoms with Gasteiger partial charge in [0, 0.05) is 19.3 Å². The Morgan fingerprint density at radius 3 is 1.43 bits per heavy atom. The molecule has 1 rings (SSSR count). The van der Waals surface area contributed by atoms with Crippen LogP contribution in [-0.2, 0) is 42.9 Å². The van der Waals surface area contributed by atoms with E-state index in [-0.39, 0.29) is 25.9 Å². The summed E-state index contributed by atoms with van der Waals surface area (Å²) in [5.74, 6) is -3.17. The maximum absolute atomic E-state index is 13.1. The lowest BCUT2D eigenvalue weighted by molar-refractivity contribution is -0.301. The third-order valence-corrected chi connectivity index (χ3v) is 12.1. The molecule has 0 spiro atoms. The van der Waals surface area contributed by atoms with E-state index in [0.717, 1.165) is 103 Å². The van der Waals surface area contributed by atoms with Crippen molar-refractivity contribution in [3.05, 3.63) is 60.8 Å². The lowest BCUT2D eigenvalue weighted by Crippen LogP contribution is -2.61. The molecule has 6 atom stereocenters. The van der Waals surface area contributed by atoms with E-state index in [1.54, 1.807) is 0 Å². The fourth-order valence-corrected chi connectivity index (χ4v) is 7.88. The van der Waals surface area contributed by atoms with E-state index in [1.165, 1.54) is 64.2 Å². The van der Waals surface area contributed by atoms with Crippen LogP contribution in [0.1, 0.15) is 226 Å². The minimum Gasteiger partial charge on any atom is -0.479 e. The SMILES string of the molecule is CC/C=C\C/C=C\C/C=C\CCCCCC(=O)OC(COC(=O)CCCCCCCCC/C=C\C/C=C\CCCCC)COC1OC(C(=O)O)C(O)C(O)C1OC(=O)CCCCCCCCCCC. The molecule has 0 aromatic rings. The van der Waals surface area contributed by atoms with Crippen molar-refractivity contribution in [3.63, 3.8) is 0 Å². The van der Waals surface area contributed by atoms with Crippen molar-refractivity contribution in [2.45, 2.75) is 263 Å². The fraction of sp³-hybridized carbons (Fsp3) is 0.754. The van der Waals surface area contributed by atoms with Crippen LogP contribution in [0, 0.1) is 0 Å². The van der Waals surface area contributed by atoms with Crippen molar-refractivity contribution in [2.24, 2.45) is 0 Å². The number of carboxylic acid groups (broad SMARTS) is 1. The van der Waals surface area contributed by atoms with E-state index in [1.807, 2.05) is 0 Å². The van der Waals surface area contributed by atoms with E-state index in [4.69, 9.17) is 23.7 Å². The van der Waals surface area contributed by atoms with Gasteiger partial charge in [-0.1, -0.05) is 184 Å². The number of ether oxygens (including phenoxy) is 5. The van der Waals surface area contributed by atoms with Gasteiger partial charge in [-0.25, -0.2) is 4.79 Å². The molecule has 1 heterocycles. The number of esters is 3. The lowest BCUT2D eigenvalue weighted by atomic mass is 9.98. The maximum atomic E-state index is 13.1. The predicted octanol–water partition coefficient (Wildman–Crippen LogP) is 13.2. The summed E-state index contributed by atoms with van der Waals surface area (Å²) in [6, 6.07) is 0. The first-order valence-electron chi connectivity index (χ1n) is 27.3. The Hall–Kier alpha value is -3.58. The third-order valence-electron chi connectivity index (χ3n) is 12.1. The molecular weight excluding hydrogens is 877 g/mol. The topological polar surface area (TPSA) is 175 Å². The van der Waals surface area contributed by atoms with Crippen LogP contribution in [0.2, 0.25) is 0 Å². The molecule has 0 bridgehead atoms. The Bertz CT molecular complexity index is 1440. The number of rotatable bonds is 45. The highest BCUT2D eigenvalue weighted by Crippen LogP contribution is 2.26. The molecule has 1 aliphatic rings. The average molecular weight is 973 g/mol. The molecule has 1 aliphatic heterocycles. The Balaban J connectivity index is 2.72. The Morgan fingerprint density at radius 1 is 0.493 bits per heavy atom. The monoisotopic (exact) mass is 973 g/mol. The number of hydrogen-bond acceptors (Lipinski definition) is 11. The van der Waals surface area contributed by atoms with E-state index in [2.05, 4.69) is 81.5 Å². The molecule has 0 aliphatic carbocycles. The summed E-state index contributed by atoms with van der Waals surface area (Å²) in [5, 5.41) is 31.3. The number of hydrogen-bond donors (Lipinski definition) is 3. The third kappa shape index (κ3) is 36.1. The molecule has 1 fully saturated rings. The van der Waals surface area contributed by atoms with Crippen LogP contribution in [0.4, 0.5) is 0 Å². The summed E-state index contributed by atoms with van der Waals surface area (Å²) in [7, 11) is 0. The molecule has 6 unspecified atom stereocenters. The van der Waals surface area contributed by atoms with Crippen LogP contribution < -0.4 is 0 Å². The van der Waals surface area contributed by atoms with Gasteiger partial charge in [0.2, 0.25) is 0 Å². The number of unbranched alkanes of at least 4 members (excludes halogenated alkanes) is 21. The first-order chi connectivity index (χ1) is 33.6. The van der Waals surface area contributed by atoms with Gasteiger partial charge < -0.3 is 39.0 Å². The molecule has 0 aromatic heterocycles. The van der Waals surface area contributed by atoms with Crippen LogP contribution in [0.3, 0.4) is 0 Å². The quantitative estimate of drug-likeness (QED) is 0.0228. The maximum Gasteiger partial charge on any atom is 0.335 e. The summed E-state index contributed by atoms with van der Waals surface area (Å²) in [6.45, 7) is 5.77. The molecule has 0 radical (unpaired) electrons. The summed E-state index contributed by atoms with van der Waals surface area (Å²) in [5.41, 5.74) is 0. The van der Waals surface area contributed by atoms with E-state index < -0.39 is 67.3 Å². The highest BCUT2D eigenvalue weighted by Gasteiger charge is 2.50. The number of carbonyl (C=O) groups is 4. The van der Waals surface area contributed by atoms with Crippen LogP contribution in [0.25, 0.3) is 0 Å². The second-order valence-corrected chi connectivity index (χ2v) is 18.5. The Kier molecular flexibility index (Phi) is 41.9. The summed E-state index contributed by atoms with van der Waals surface area (Å²) < 4.78 is 28.3. The molecule has 12 nitrogen and oxygen atoms in total. The van der Waals surface area contributed by atoms with Gasteiger partial charge in [-0.2, -0.15) is 0 Å². The minimum atomic E-state index is -1.91. The fourth-order valence-electron chi connectivity index (χ4n) is 7.88. The zero-order chi connectivity index (χ0) is 50.4. The molecule has 69 heavy (non-hydrogen) atoms. The van der Waals surface area contributed by atoms with Crippen LogP contribution >= 0.6 is 0 Å². The van der Waals surface area contributed by atoms with Crippen LogP contribution in [0.5, 0.6) is 0 Å².